The molecule has 16 nitrogen and oxygen atoms in total. The summed E-state index contributed by atoms with van der Waals surface area (Å²) in [4.78, 5) is 77.6. The maximum atomic E-state index is 12.8. The standard InChI is InChI=1S/C27H45N7O9/c1-2-3-4-5-29-24-25(27(43)26(24)42)30-7-6-28-20(35)16-31-8-10-32(17-21(36)37)12-14-34(19-23(40)41)15-13-33(11-9-31)18-22(38)39/h29-30H,2-19H2,1H3,(H,28,35)(H,36,37)(H,38,39)(H,40,41). The van der Waals surface area contributed by atoms with Crippen molar-refractivity contribution in [1.29, 1.82) is 0 Å². The Balaban J connectivity index is 1.95. The number of carboxylic acid groups (broad SMARTS) is 3. The van der Waals surface area contributed by atoms with Crippen LogP contribution in [0.3, 0.4) is 0 Å². The van der Waals surface area contributed by atoms with Gasteiger partial charge in [-0.2, -0.15) is 0 Å². The van der Waals surface area contributed by atoms with Crippen molar-refractivity contribution in [2.45, 2.75) is 26.2 Å². The third-order valence-electron chi connectivity index (χ3n) is 7.12. The topological polar surface area (TPSA) is 212 Å². The summed E-state index contributed by atoms with van der Waals surface area (Å²) in [5.41, 5.74) is -0.652. The molecule has 1 heterocycles. The lowest BCUT2D eigenvalue weighted by Crippen LogP contribution is -2.50. The van der Waals surface area contributed by atoms with Crippen LogP contribution in [0.1, 0.15) is 26.2 Å². The maximum Gasteiger partial charge on any atom is 0.317 e. The molecule has 1 aromatic carbocycles. The molecule has 0 spiro atoms. The monoisotopic (exact) mass is 611 g/mol. The number of nitrogens with zero attached hydrogens (tertiary/aromatic N) is 4. The van der Waals surface area contributed by atoms with Crippen molar-refractivity contribution in [1.82, 2.24) is 24.9 Å². The van der Waals surface area contributed by atoms with Crippen LogP contribution >= 0.6 is 0 Å². The highest BCUT2D eigenvalue weighted by Crippen LogP contribution is 2.14. The molecule has 1 aromatic rings. The van der Waals surface area contributed by atoms with E-state index in [4.69, 9.17) is 0 Å². The SMILES string of the molecule is CCCCCNc1c(NCCNC(=O)CN2CCN(CC(=O)O)CCN(CC(=O)O)CCN(CC(=O)O)CC2)c(=O)c1=O. The van der Waals surface area contributed by atoms with E-state index in [9.17, 15) is 44.1 Å². The minimum Gasteiger partial charge on any atom is -0.480 e. The predicted octanol–water partition coefficient (Wildman–Crippen LogP) is -2.11. The number of amides is 1. The fourth-order valence-electron chi connectivity index (χ4n) is 4.75. The van der Waals surface area contributed by atoms with E-state index in [0.29, 0.717) is 32.7 Å². The Labute approximate surface area is 250 Å². The molecule has 0 bridgehead atoms. The molecular formula is C27H45N7O9. The van der Waals surface area contributed by atoms with Gasteiger partial charge in [-0.05, 0) is 6.42 Å². The maximum absolute atomic E-state index is 12.8. The van der Waals surface area contributed by atoms with Crippen molar-refractivity contribution in [3.05, 3.63) is 20.4 Å². The van der Waals surface area contributed by atoms with E-state index in [-0.39, 0.29) is 82.7 Å². The Kier molecular flexibility index (Phi) is 15.6. The molecule has 1 amide bonds. The first-order chi connectivity index (χ1) is 20.5. The summed E-state index contributed by atoms with van der Waals surface area (Å²) in [6.07, 6.45) is 2.92. The summed E-state index contributed by atoms with van der Waals surface area (Å²) < 4.78 is 0. The number of nitrogens with one attached hydrogen (secondary N) is 3. The van der Waals surface area contributed by atoms with Crippen molar-refractivity contribution in [2.75, 3.05) is 109 Å². The van der Waals surface area contributed by atoms with Crippen molar-refractivity contribution in [3.63, 3.8) is 0 Å². The van der Waals surface area contributed by atoms with Crippen LogP contribution in [0.25, 0.3) is 0 Å². The Morgan fingerprint density at radius 2 is 0.953 bits per heavy atom. The lowest BCUT2D eigenvalue weighted by atomic mass is 10.1. The average molecular weight is 612 g/mol. The van der Waals surface area contributed by atoms with Crippen LogP contribution in [0.15, 0.2) is 9.59 Å². The van der Waals surface area contributed by atoms with Gasteiger partial charge < -0.3 is 31.3 Å². The predicted molar refractivity (Wildman–Crippen MR) is 160 cm³/mol. The number of rotatable bonds is 17. The molecule has 0 aromatic heterocycles. The summed E-state index contributed by atoms with van der Waals surface area (Å²) in [7, 11) is 0. The van der Waals surface area contributed by atoms with Crippen LogP contribution in [-0.4, -0.2) is 157 Å². The van der Waals surface area contributed by atoms with Crippen LogP contribution in [0.2, 0.25) is 0 Å². The zero-order chi connectivity index (χ0) is 31.8. The van der Waals surface area contributed by atoms with Crippen LogP contribution in [-0.2, 0) is 19.2 Å². The lowest BCUT2D eigenvalue weighted by molar-refractivity contribution is -0.140. The fraction of sp³-hybridized carbons (Fsp3) is 0.704. The second-order valence-electron chi connectivity index (χ2n) is 10.6. The van der Waals surface area contributed by atoms with Gasteiger partial charge in [0.05, 0.1) is 26.2 Å². The number of hydrogen-bond donors (Lipinski definition) is 6. The highest BCUT2D eigenvalue weighted by molar-refractivity contribution is 5.78. The van der Waals surface area contributed by atoms with E-state index in [0.717, 1.165) is 19.3 Å². The van der Waals surface area contributed by atoms with Gasteiger partial charge in [-0.1, -0.05) is 19.8 Å². The fourth-order valence-corrected chi connectivity index (χ4v) is 4.75. The molecule has 16 heteroatoms. The molecule has 0 radical (unpaired) electrons. The summed E-state index contributed by atoms with van der Waals surface area (Å²) in [6.45, 7) is 4.74. The van der Waals surface area contributed by atoms with Crippen LogP contribution in [0, 0.1) is 0 Å². The first-order valence-corrected chi connectivity index (χ1v) is 14.6. The third kappa shape index (κ3) is 13.5. The molecule has 1 saturated heterocycles. The van der Waals surface area contributed by atoms with E-state index in [1.165, 1.54) is 0 Å². The molecule has 1 aliphatic rings. The van der Waals surface area contributed by atoms with E-state index < -0.39 is 28.8 Å². The van der Waals surface area contributed by atoms with Gasteiger partial charge in [-0.15, -0.1) is 0 Å². The number of carbonyl (C=O) groups excluding carboxylic acids is 1. The minimum absolute atomic E-state index is 0.0166. The van der Waals surface area contributed by atoms with Crippen molar-refractivity contribution in [2.24, 2.45) is 0 Å². The minimum atomic E-state index is -1.03. The van der Waals surface area contributed by atoms with E-state index in [2.05, 4.69) is 22.9 Å². The zero-order valence-corrected chi connectivity index (χ0v) is 24.8. The molecule has 0 saturated carbocycles. The summed E-state index contributed by atoms with van der Waals surface area (Å²) >= 11 is 0. The molecule has 1 fully saturated rings. The van der Waals surface area contributed by atoms with Gasteiger partial charge in [0.25, 0.3) is 10.9 Å². The van der Waals surface area contributed by atoms with Gasteiger partial charge in [0, 0.05) is 72.0 Å². The largest absolute Gasteiger partial charge is 0.480 e. The number of carboxylic acids is 3. The van der Waals surface area contributed by atoms with Gasteiger partial charge in [-0.3, -0.25) is 48.4 Å². The Hall–Kier alpha value is -3.60. The van der Waals surface area contributed by atoms with E-state index >= 15 is 0 Å². The van der Waals surface area contributed by atoms with Crippen LogP contribution < -0.4 is 26.8 Å². The summed E-state index contributed by atoms with van der Waals surface area (Å²) in [5, 5.41) is 36.6. The molecule has 6 N–H and O–H groups in total. The lowest BCUT2D eigenvalue weighted by Gasteiger charge is -2.32. The smallest absolute Gasteiger partial charge is 0.317 e. The zero-order valence-electron chi connectivity index (χ0n) is 24.8. The number of anilines is 2. The van der Waals surface area contributed by atoms with Gasteiger partial charge >= 0.3 is 17.9 Å². The van der Waals surface area contributed by atoms with E-state index in [1.54, 1.807) is 14.7 Å². The van der Waals surface area contributed by atoms with Gasteiger partial charge in [0.1, 0.15) is 11.4 Å². The summed E-state index contributed by atoms with van der Waals surface area (Å²) in [6, 6.07) is 0. The van der Waals surface area contributed by atoms with Crippen molar-refractivity contribution < 1.29 is 34.5 Å². The molecule has 0 unspecified atom stereocenters. The van der Waals surface area contributed by atoms with Gasteiger partial charge in [-0.25, -0.2) is 0 Å². The molecule has 0 aliphatic carbocycles. The Bertz CT molecular complexity index is 1110. The van der Waals surface area contributed by atoms with Crippen LogP contribution in [0.4, 0.5) is 11.4 Å². The molecule has 0 atom stereocenters. The highest BCUT2D eigenvalue weighted by atomic mass is 16.4. The van der Waals surface area contributed by atoms with E-state index in [1.807, 2.05) is 4.90 Å². The molecule has 1 aliphatic heterocycles. The normalized spacial score (nSPS) is 16.7. The number of carbonyl (C=O) groups is 4. The second-order valence-corrected chi connectivity index (χ2v) is 10.6. The van der Waals surface area contributed by atoms with Crippen LogP contribution in [0.5, 0.6) is 0 Å². The Morgan fingerprint density at radius 3 is 1.33 bits per heavy atom. The first-order valence-electron chi connectivity index (χ1n) is 14.6. The molecule has 242 valence electrons. The third-order valence-corrected chi connectivity index (χ3v) is 7.12. The summed E-state index contributed by atoms with van der Waals surface area (Å²) in [5.74, 6) is -3.39. The quantitative estimate of drug-likeness (QED) is 0.0822. The average Bonchev–Trinajstić information content (AvgIpc) is 2.93. The first kappa shape index (κ1) is 35.6. The number of aliphatic carboxylic acids is 3. The van der Waals surface area contributed by atoms with Crippen molar-refractivity contribution >= 4 is 35.2 Å². The number of unbranched alkanes of at least 4 members (excludes halogenated alkanes) is 2. The van der Waals surface area contributed by atoms with Gasteiger partial charge in [0.2, 0.25) is 5.91 Å². The molecule has 43 heavy (non-hydrogen) atoms. The highest BCUT2D eigenvalue weighted by Gasteiger charge is 2.22. The Morgan fingerprint density at radius 1 is 0.581 bits per heavy atom. The molecular weight excluding hydrogens is 566 g/mol. The second kappa shape index (κ2) is 18.8. The number of hydrogen-bond acceptors (Lipinski definition) is 12. The van der Waals surface area contributed by atoms with Gasteiger partial charge in [0.15, 0.2) is 0 Å². The van der Waals surface area contributed by atoms with Crippen molar-refractivity contribution in [3.8, 4) is 0 Å². The molecule has 2 rings (SSSR count).